The molecule has 2 aromatic heterocycles. The van der Waals surface area contributed by atoms with Crippen molar-refractivity contribution in [2.45, 2.75) is 31.8 Å². The molecule has 5 nitrogen and oxygen atoms in total. The lowest BCUT2D eigenvalue weighted by atomic mass is 10.0. The highest BCUT2D eigenvalue weighted by atomic mass is 79.9. The number of halogens is 1. The molecule has 1 aliphatic rings. The Labute approximate surface area is 138 Å². The van der Waals surface area contributed by atoms with Crippen molar-refractivity contribution < 1.29 is 4.79 Å². The molecule has 1 saturated heterocycles. The molecule has 1 aliphatic heterocycles. The number of hydrogen-bond acceptors (Lipinski definition) is 4. The van der Waals surface area contributed by atoms with Crippen molar-refractivity contribution in [3.8, 4) is 0 Å². The lowest BCUT2D eigenvalue weighted by Crippen LogP contribution is -2.36. The van der Waals surface area contributed by atoms with Crippen molar-refractivity contribution in [1.29, 1.82) is 0 Å². The van der Waals surface area contributed by atoms with Crippen LogP contribution in [-0.4, -0.2) is 45.9 Å². The van der Waals surface area contributed by atoms with Gasteiger partial charge < -0.3 is 5.32 Å². The number of pyridine rings is 2. The van der Waals surface area contributed by atoms with Crippen molar-refractivity contribution in [1.82, 2.24) is 20.2 Å². The van der Waals surface area contributed by atoms with Gasteiger partial charge in [0.25, 0.3) is 5.91 Å². The Kier molecular flexibility index (Phi) is 3.91. The number of likely N-dealkylation sites (N-methyl/N-ethyl adjacent to an activating group) is 1. The molecule has 0 spiro atoms. The second kappa shape index (κ2) is 5.59. The van der Waals surface area contributed by atoms with Crippen molar-refractivity contribution in [3.05, 3.63) is 34.7 Å². The van der Waals surface area contributed by atoms with Crippen LogP contribution in [0.5, 0.6) is 0 Å². The lowest BCUT2D eigenvalue weighted by Gasteiger charge is -2.26. The van der Waals surface area contributed by atoms with Gasteiger partial charge in [-0.15, -0.1) is 0 Å². The third-order valence-electron chi connectivity index (χ3n) is 4.40. The number of hydrogen-bond donors (Lipinski definition) is 1. The van der Waals surface area contributed by atoms with Crippen LogP contribution in [-0.2, 0) is 0 Å². The summed E-state index contributed by atoms with van der Waals surface area (Å²) in [5.41, 5.74) is 1.31. The molecule has 22 heavy (non-hydrogen) atoms. The molecule has 1 unspecified atom stereocenters. The summed E-state index contributed by atoms with van der Waals surface area (Å²) >= 11 is 3.43. The van der Waals surface area contributed by atoms with Gasteiger partial charge in [-0.05, 0) is 55.4 Å². The topological polar surface area (TPSA) is 58.1 Å². The highest BCUT2D eigenvalue weighted by molar-refractivity contribution is 9.10. The Morgan fingerprint density at radius 1 is 1.41 bits per heavy atom. The number of carbonyl (C=O) groups excluding carboxylic acids is 1. The summed E-state index contributed by atoms with van der Waals surface area (Å²) in [5, 5.41) is 4.00. The standard InChI is InChI=1S/C16H19BrN4O/c1-16(2)6-11(9-21(16)3)19-15(22)13-5-4-10-7-18-8-12(17)14(10)20-13/h4-5,7-8,11H,6,9H2,1-3H3,(H,19,22). The van der Waals surface area contributed by atoms with E-state index in [1.165, 1.54) is 0 Å². The van der Waals surface area contributed by atoms with Gasteiger partial charge in [0.15, 0.2) is 0 Å². The van der Waals surface area contributed by atoms with E-state index in [2.05, 4.69) is 57.0 Å². The fourth-order valence-electron chi connectivity index (χ4n) is 2.89. The average Bonchev–Trinajstić information content (AvgIpc) is 2.71. The number of aromatic nitrogens is 2. The lowest BCUT2D eigenvalue weighted by molar-refractivity contribution is 0.0933. The average molecular weight is 363 g/mol. The molecule has 1 atom stereocenters. The normalized spacial score (nSPS) is 21.2. The van der Waals surface area contributed by atoms with Crippen LogP contribution in [0.3, 0.4) is 0 Å². The molecule has 0 radical (unpaired) electrons. The monoisotopic (exact) mass is 362 g/mol. The van der Waals surface area contributed by atoms with Crippen LogP contribution >= 0.6 is 15.9 Å². The minimum atomic E-state index is -0.123. The number of nitrogens with one attached hydrogen (secondary N) is 1. The first-order valence-electron chi connectivity index (χ1n) is 7.29. The van der Waals surface area contributed by atoms with E-state index in [1.54, 1.807) is 18.5 Å². The minimum absolute atomic E-state index is 0.115. The van der Waals surface area contributed by atoms with Gasteiger partial charge in [-0.2, -0.15) is 0 Å². The summed E-state index contributed by atoms with van der Waals surface area (Å²) in [6.07, 6.45) is 4.37. The predicted octanol–water partition coefficient (Wildman–Crippen LogP) is 2.60. The molecule has 116 valence electrons. The molecule has 0 bridgehead atoms. The number of fused-ring (bicyclic) bond motifs is 1. The largest absolute Gasteiger partial charge is 0.347 e. The molecule has 3 rings (SSSR count). The third-order valence-corrected chi connectivity index (χ3v) is 4.98. The summed E-state index contributed by atoms with van der Waals surface area (Å²) in [7, 11) is 2.09. The molecule has 1 fully saturated rings. The highest BCUT2D eigenvalue weighted by Gasteiger charge is 2.36. The van der Waals surface area contributed by atoms with E-state index >= 15 is 0 Å². The first-order valence-corrected chi connectivity index (χ1v) is 8.08. The maximum Gasteiger partial charge on any atom is 0.270 e. The first kappa shape index (κ1) is 15.4. The van der Waals surface area contributed by atoms with Crippen LogP contribution in [0.25, 0.3) is 10.9 Å². The maximum atomic E-state index is 12.5. The molecule has 2 aromatic rings. The molecule has 1 N–H and O–H groups in total. The summed E-state index contributed by atoms with van der Waals surface area (Å²) in [5.74, 6) is -0.123. The van der Waals surface area contributed by atoms with Crippen LogP contribution < -0.4 is 5.32 Å². The quantitative estimate of drug-likeness (QED) is 0.891. The number of likely N-dealkylation sites (tertiary alicyclic amines) is 1. The van der Waals surface area contributed by atoms with E-state index in [1.807, 2.05) is 6.07 Å². The predicted molar refractivity (Wildman–Crippen MR) is 89.8 cm³/mol. The minimum Gasteiger partial charge on any atom is -0.347 e. The molecule has 0 aromatic carbocycles. The number of rotatable bonds is 2. The summed E-state index contributed by atoms with van der Waals surface area (Å²) in [6.45, 7) is 5.25. The molecular formula is C16H19BrN4O. The fourth-order valence-corrected chi connectivity index (χ4v) is 3.33. The number of nitrogens with zero attached hydrogens (tertiary/aromatic N) is 3. The fraction of sp³-hybridized carbons (Fsp3) is 0.438. The maximum absolute atomic E-state index is 12.5. The molecule has 3 heterocycles. The molecule has 0 aliphatic carbocycles. The molecule has 6 heteroatoms. The Bertz CT molecular complexity index is 731. The zero-order valence-electron chi connectivity index (χ0n) is 12.9. The second-order valence-electron chi connectivity index (χ2n) is 6.46. The van der Waals surface area contributed by atoms with Crippen LogP contribution in [0.2, 0.25) is 0 Å². The Morgan fingerprint density at radius 3 is 2.86 bits per heavy atom. The smallest absolute Gasteiger partial charge is 0.270 e. The van der Waals surface area contributed by atoms with Gasteiger partial charge in [0, 0.05) is 35.9 Å². The third kappa shape index (κ3) is 2.85. The summed E-state index contributed by atoms with van der Waals surface area (Å²) in [4.78, 5) is 23.3. The van der Waals surface area contributed by atoms with Gasteiger partial charge in [0.1, 0.15) is 5.69 Å². The highest BCUT2D eigenvalue weighted by Crippen LogP contribution is 2.27. The van der Waals surface area contributed by atoms with Crippen LogP contribution in [0, 0.1) is 0 Å². The van der Waals surface area contributed by atoms with Crippen molar-refractivity contribution in [2.24, 2.45) is 0 Å². The van der Waals surface area contributed by atoms with Gasteiger partial charge in [0.05, 0.1) is 9.99 Å². The van der Waals surface area contributed by atoms with Crippen LogP contribution in [0.4, 0.5) is 0 Å². The summed E-state index contributed by atoms with van der Waals surface area (Å²) < 4.78 is 0.793. The zero-order valence-corrected chi connectivity index (χ0v) is 14.5. The first-order chi connectivity index (χ1) is 10.4. The zero-order chi connectivity index (χ0) is 15.9. The van der Waals surface area contributed by atoms with Gasteiger partial charge in [-0.3, -0.25) is 14.7 Å². The molecular weight excluding hydrogens is 344 g/mol. The van der Waals surface area contributed by atoms with Crippen LogP contribution in [0.15, 0.2) is 29.0 Å². The molecule has 0 saturated carbocycles. The van der Waals surface area contributed by atoms with Crippen molar-refractivity contribution in [3.63, 3.8) is 0 Å². The Balaban J connectivity index is 1.80. The number of amides is 1. The van der Waals surface area contributed by atoms with Gasteiger partial charge >= 0.3 is 0 Å². The SMILES string of the molecule is CN1CC(NC(=O)c2ccc3cncc(Br)c3n2)CC1(C)C. The van der Waals surface area contributed by atoms with Gasteiger partial charge in [0.2, 0.25) is 0 Å². The summed E-state index contributed by atoms with van der Waals surface area (Å²) in [6, 6.07) is 3.78. The van der Waals surface area contributed by atoms with E-state index in [4.69, 9.17) is 0 Å². The molecule has 1 amide bonds. The van der Waals surface area contributed by atoms with E-state index in [0.717, 1.165) is 28.3 Å². The van der Waals surface area contributed by atoms with Crippen molar-refractivity contribution >= 4 is 32.7 Å². The van der Waals surface area contributed by atoms with E-state index in [9.17, 15) is 4.79 Å². The van der Waals surface area contributed by atoms with Crippen molar-refractivity contribution in [2.75, 3.05) is 13.6 Å². The van der Waals surface area contributed by atoms with E-state index in [0.29, 0.717) is 5.69 Å². The second-order valence-corrected chi connectivity index (χ2v) is 7.31. The van der Waals surface area contributed by atoms with E-state index < -0.39 is 0 Å². The Morgan fingerprint density at radius 2 is 2.18 bits per heavy atom. The van der Waals surface area contributed by atoms with Gasteiger partial charge in [-0.1, -0.05) is 0 Å². The number of carbonyl (C=O) groups is 1. The van der Waals surface area contributed by atoms with Crippen LogP contribution in [0.1, 0.15) is 30.8 Å². The Hall–Kier alpha value is -1.53. The van der Waals surface area contributed by atoms with Gasteiger partial charge in [-0.25, -0.2) is 4.98 Å². The van der Waals surface area contributed by atoms with E-state index in [-0.39, 0.29) is 17.5 Å².